The second-order valence-electron chi connectivity index (χ2n) is 9.10. The van der Waals surface area contributed by atoms with Gasteiger partial charge < -0.3 is 18.9 Å². The Morgan fingerprint density at radius 2 is 2.00 bits per heavy atom. The van der Waals surface area contributed by atoms with E-state index in [1.165, 1.54) is 11.6 Å². The summed E-state index contributed by atoms with van der Waals surface area (Å²) in [5.41, 5.74) is 1.71. The first kappa shape index (κ1) is 21.3. The van der Waals surface area contributed by atoms with Crippen molar-refractivity contribution in [2.75, 3.05) is 13.7 Å². The van der Waals surface area contributed by atoms with E-state index in [9.17, 15) is 4.79 Å². The molecule has 2 aliphatic heterocycles. The zero-order valence-corrected chi connectivity index (χ0v) is 18.3. The van der Waals surface area contributed by atoms with Gasteiger partial charge in [0, 0.05) is 13.2 Å². The first-order chi connectivity index (χ1) is 14.4. The Balaban J connectivity index is 1.46. The molecule has 1 saturated carbocycles. The van der Waals surface area contributed by atoms with E-state index < -0.39 is 0 Å². The summed E-state index contributed by atoms with van der Waals surface area (Å²) in [5.74, 6) is -0.310. The highest BCUT2D eigenvalue weighted by Crippen LogP contribution is 2.59. The van der Waals surface area contributed by atoms with Gasteiger partial charge in [-0.15, -0.1) is 0 Å². The molecule has 5 heteroatoms. The Labute approximate surface area is 179 Å². The molecule has 1 unspecified atom stereocenters. The number of rotatable bonds is 7. The van der Waals surface area contributed by atoms with Gasteiger partial charge in [-0.3, -0.25) is 0 Å². The van der Waals surface area contributed by atoms with Crippen molar-refractivity contribution in [3.8, 4) is 0 Å². The van der Waals surface area contributed by atoms with Crippen molar-refractivity contribution < 1.29 is 23.7 Å². The average molecular weight is 413 g/mol. The van der Waals surface area contributed by atoms with Crippen LogP contribution in [0.4, 0.5) is 0 Å². The molecule has 1 aromatic carbocycles. The number of methoxy groups -OCH3 is 1. The zero-order chi connectivity index (χ0) is 21.4. The summed E-state index contributed by atoms with van der Waals surface area (Å²) in [5, 5.41) is 0. The van der Waals surface area contributed by atoms with Crippen molar-refractivity contribution in [2.45, 2.75) is 69.5 Å². The van der Waals surface area contributed by atoms with E-state index in [0.717, 1.165) is 31.4 Å². The maximum absolute atomic E-state index is 12.5. The molecule has 0 radical (unpaired) electrons. The number of ether oxygens (including phenoxy) is 4. The van der Waals surface area contributed by atoms with Crippen LogP contribution in [-0.2, 0) is 23.7 Å². The smallest absolute Gasteiger partial charge is 0.331 e. The minimum atomic E-state index is -0.347. The molecule has 0 N–H and O–H groups in total. The van der Waals surface area contributed by atoms with E-state index in [2.05, 4.69) is 26.8 Å². The second kappa shape index (κ2) is 8.29. The normalized spacial score (nSPS) is 37.2. The Hall–Kier alpha value is -1.95. The molecule has 1 aromatic rings. The quantitative estimate of drug-likeness (QED) is 0.289. The van der Waals surface area contributed by atoms with Crippen LogP contribution in [0.5, 0.6) is 0 Å². The fourth-order valence-electron chi connectivity index (χ4n) is 4.99. The molecule has 30 heavy (non-hydrogen) atoms. The van der Waals surface area contributed by atoms with Gasteiger partial charge in [-0.25, -0.2) is 4.79 Å². The number of benzene rings is 1. The summed E-state index contributed by atoms with van der Waals surface area (Å²) in [4.78, 5) is 12.5. The van der Waals surface area contributed by atoms with E-state index in [1.807, 2.05) is 30.3 Å². The van der Waals surface area contributed by atoms with Crippen molar-refractivity contribution in [1.29, 1.82) is 0 Å². The number of esters is 1. The van der Waals surface area contributed by atoms with Gasteiger partial charge in [-0.05, 0) is 51.7 Å². The molecular weight excluding hydrogens is 380 g/mol. The minimum absolute atomic E-state index is 0.0372. The van der Waals surface area contributed by atoms with Crippen molar-refractivity contribution in [3.05, 3.63) is 53.6 Å². The Morgan fingerprint density at radius 3 is 2.63 bits per heavy atom. The molecule has 1 aliphatic carbocycles. The molecule has 5 nitrogen and oxygen atoms in total. The van der Waals surface area contributed by atoms with Gasteiger partial charge in [0.1, 0.15) is 23.4 Å². The Morgan fingerprint density at radius 1 is 1.27 bits per heavy atom. The van der Waals surface area contributed by atoms with Crippen LogP contribution in [0.1, 0.15) is 45.6 Å². The van der Waals surface area contributed by atoms with E-state index in [4.69, 9.17) is 18.9 Å². The van der Waals surface area contributed by atoms with Gasteiger partial charge in [-0.2, -0.15) is 0 Å². The van der Waals surface area contributed by atoms with Crippen molar-refractivity contribution in [1.82, 2.24) is 0 Å². The topological polar surface area (TPSA) is 60.6 Å². The van der Waals surface area contributed by atoms with Gasteiger partial charge in [-0.1, -0.05) is 42.0 Å². The summed E-state index contributed by atoms with van der Waals surface area (Å²) in [6.07, 6.45) is 7.52. The lowest BCUT2D eigenvalue weighted by atomic mass is 9.68. The van der Waals surface area contributed by atoms with E-state index in [1.54, 1.807) is 13.2 Å². The highest BCUT2D eigenvalue weighted by Gasteiger charge is 2.72. The van der Waals surface area contributed by atoms with Crippen LogP contribution in [0.25, 0.3) is 6.08 Å². The number of hydrogen-bond acceptors (Lipinski definition) is 5. The van der Waals surface area contributed by atoms with Gasteiger partial charge in [0.05, 0.1) is 18.6 Å². The molecule has 6 atom stereocenters. The standard InChI is InChI=1S/C25H32O5/c1-17(2)10-12-20-24(3,30-20)23-22(27-4)19(14-15-25(23)16-28-25)29-21(26)13-11-18-8-6-5-7-9-18/h5-11,13,19-20,22-23H,12,14-16H2,1-4H3/t19-,20-,22-,23-,24?,25+/m1/s1. The SMILES string of the molecule is CO[C@H]1[C@H](C2(C)O[C@@H]2CC=C(C)C)[C@]2(CC[C@H]1OC(=O)C=Cc1ccccc1)CO2. The number of carbonyl (C=O) groups is 1. The van der Waals surface area contributed by atoms with Crippen molar-refractivity contribution >= 4 is 12.0 Å². The summed E-state index contributed by atoms with van der Waals surface area (Å²) in [7, 11) is 1.69. The maximum Gasteiger partial charge on any atom is 0.331 e. The molecule has 4 rings (SSSR count). The predicted molar refractivity (Wildman–Crippen MR) is 115 cm³/mol. The lowest BCUT2D eigenvalue weighted by Gasteiger charge is -2.42. The fraction of sp³-hybridized carbons (Fsp3) is 0.560. The number of hydrogen-bond donors (Lipinski definition) is 0. The second-order valence-corrected chi connectivity index (χ2v) is 9.10. The Kier molecular flexibility index (Phi) is 5.88. The summed E-state index contributed by atoms with van der Waals surface area (Å²) in [6, 6.07) is 9.72. The zero-order valence-electron chi connectivity index (χ0n) is 18.3. The summed E-state index contributed by atoms with van der Waals surface area (Å²) >= 11 is 0. The number of epoxide rings is 2. The van der Waals surface area contributed by atoms with Crippen LogP contribution >= 0.6 is 0 Å². The van der Waals surface area contributed by atoms with Gasteiger partial charge in [0.25, 0.3) is 0 Å². The monoisotopic (exact) mass is 412 g/mol. The fourth-order valence-corrected chi connectivity index (χ4v) is 4.99. The average Bonchev–Trinajstić information content (AvgIpc) is 3.64. The van der Waals surface area contributed by atoms with E-state index in [0.29, 0.717) is 0 Å². The van der Waals surface area contributed by atoms with Crippen LogP contribution in [0, 0.1) is 5.92 Å². The molecule has 0 aromatic heterocycles. The molecule has 0 bridgehead atoms. The van der Waals surface area contributed by atoms with Crippen LogP contribution < -0.4 is 0 Å². The van der Waals surface area contributed by atoms with Crippen molar-refractivity contribution in [3.63, 3.8) is 0 Å². The molecule has 2 saturated heterocycles. The van der Waals surface area contributed by atoms with Crippen LogP contribution in [0.2, 0.25) is 0 Å². The third-order valence-electron chi connectivity index (χ3n) is 6.72. The molecule has 1 spiro atoms. The predicted octanol–water partition coefficient (Wildman–Crippen LogP) is 4.32. The van der Waals surface area contributed by atoms with Crippen LogP contribution in [-0.4, -0.2) is 49.2 Å². The lowest BCUT2D eigenvalue weighted by molar-refractivity contribution is -0.166. The maximum atomic E-state index is 12.5. The lowest BCUT2D eigenvalue weighted by Crippen LogP contribution is -2.55. The molecule has 3 aliphatic rings. The number of carbonyl (C=O) groups excluding carboxylic acids is 1. The molecular formula is C25H32O5. The molecule has 0 amide bonds. The number of allylic oxidation sites excluding steroid dienone is 1. The first-order valence-electron chi connectivity index (χ1n) is 10.8. The third-order valence-corrected chi connectivity index (χ3v) is 6.72. The largest absolute Gasteiger partial charge is 0.456 e. The molecule has 2 heterocycles. The van der Waals surface area contributed by atoms with Gasteiger partial charge in [0.15, 0.2) is 0 Å². The van der Waals surface area contributed by atoms with Gasteiger partial charge in [0.2, 0.25) is 0 Å². The van der Waals surface area contributed by atoms with E-state index in [-0.39, 0.29) is 41.4 Å². The third kappa shape index (κ3) is 4.25. The van der Waals surface area contributed by atoms with Crippen molar-refractivity contribution in [2.24, 2.45) is 5.92 Å². The molecule has 3 fully saturated rings. The molecule has 162 valence electrons. The minimum Gasteiger partial charge on any atom is -0.456 e. The highest BCUT2D eigenvalue weighted by atomic mass is 16.6. The summed E-state index contributed by atoms with van der Waals surface area (Å²) in [6.45, 7) is 7.07. The van der Waals surface area contributed by atoms with Crippen LogP contribution in [0.15, 0.2) is 48.1 Å². The van der Waals surface area contributed by atoms with E-state index >= 15 is 0 Å². The highest BCUT2D eigenvalue weighted by molar-refractivity contribution is 5.87. The Bertz CT molecular complexity index is 821. The summed E-state index contributed by atoms with van der Waals surface area (Å²) < 4.78 is 23.9. The van der Waals surface area contributed by atoms with Crippen LogP contribution in [0.3, 0.4) is 0 Å². The van der Waals surface area contributed by atoms with Gasteiger partial charge >= 0.3 is 5.97 Å². The first-order valence-corrected chi connectivity index (χ1v) is 10.8.